The summed E-state index contributed by atoms with van der Waals surface area (Å²) >= 11 is 10.3. The van der Waals surface area contributed by atoms with Gasteiger partial charge in [-0.1, -0.05) is 24.6 Å². The Morgan fingerprint density at radius 2 is 1.93 bits per heavy atom. The molecule has 1 fully saturated rings. The molecule has 1 heterocycles. The Kier molecular flexibility index (Phi) is 6.29. The summed E-state index contributed by atoms with van der Waals surface area (Å²) in [6, 6.07) is 12.2. The summed E-state index contributed by atoms with van der Waals surface area (Å²) in [6.07, 6.45) is 2.73. The molecule has 27 heavy (non-hydrogen) atoms. The van der Waals surface area contributed by atoms with Crippen molar-refractivity contribution in [2.45, 2.75) is 26.4 Å². The van der Waals surface area contributed by atoms with Crippen LogP contribution >= 0.6 is 39.3 Å². The van der Waals surface area contributed by atoms with E-state index in [0.29, 0.717) is 15.6 Å². The number of benzene rings is 2. The monoisotopic (exact) mass is 465 g/mol. The molecule has 140 valence electrons. The average Bonchev–Trinajstić information content (AvgIpc) is 2.91. The first-order valence-corrected chi connectivity index (χ1v) is 10.4. The lowest BCUT2D eigenvalue weighted by molar-refractivity contribution is -0.113. The molecule has 1 saturated heterocycles. The first kappa shape index (κ1) is 20.0. The van der Waals surface area contributed by atoms with E-state index in [4.69, 9.17) is 16.3 Å². The van der Waals surface area contributed by atoms with Crippen LogP contribution in [0.25, 0.3) is 6.08 Å². The number of hydrogen-bond acceptors (Lipinski definition) is 4. The molecule has 0 saturated carbocycles. The number of hydrogen-bond donors (Lipinski definition) is 0. The van der Waals surface area contributed by atoms with Crippen molar-refractivity contribution >= 4 is 62.2 Å². The number of anilines is 1. The molecule has 0 unspecified atom stereocenters. The highest BCUT2D eigenvalue weighted by Crippen LogP contribution is 2.37. The lowest BCUT2D eigenvalue weighted by Crippen LogP contribution is -2.27. The molecule has 1 atom stereocenters. The molecule has 2 aromatic carbocycles. The fraction of sp³-hybridized carbons (Fsp3) is 0.200. The van der Waals surface area contributed by atoms with Crippen LogP contribution in [0.1, 0.15) is 25.8 Å². The van der Waals surface area contributed by atoms with Gasteiger partial charge in [0.05, 0.1) is 21.2 Å². The molecule has 2 amide bonds. The number of rotatable bonds is 5. The predicted octanol–water partition coefficient (Wildman–Crippen LogP) is 6.52. The summed E-state index contributed by atoms with van der Waals surface area (Å²) in [5.74, 6) is 0.402. The third kappa shape index (κ3) is 4.57. The van der Waals surface area contributed by atoms with E-state index >= 15 is 0 Å². The largest absolute Gasteiger partial charge is 0.490 e. The number of amides is 2. The zero-order valence-corrected chi connectivity index (χ0v) is 17.9. The molecule has 3 rings (SSSR count). The Morgan fingerprint density at radius 3 is 2.56 bits per heavy atom. The third-order valence-corrected chi connectivity index (χ3v) is 5.78. The maximum atomic E-state index is 12.7. The minimum atomic E-state index is -0.344. The van der Waals surface area contributed by atoms with Crippen molar-refractivity contribution in [1.29, 1.82) is 0 Å². The molecule has 0 N–H and O–H groups in total. The summed E-state index contributed by atoms with van der Waals surface area (Å²) in [5.41, 5.74) is 1.31. The molecule has 4 nitrogen and oxygen atoms in total. The van der Waals surface area contributed by atoms with E-state index in [-0.39, 0.29) is 17.3 Å². The second-order valence-corrected chi connectivity index (χ2v) is 8.30. The molecule has 7 heteroatoms. The van der Waals surface area contributed by atoms with Gasteiger partial charge in [0.15, 0.2) is 0 Å². The summed E-state index contributed by atoms with van der Waals surface area (Å²) in [5, 5.41) is 0.218. The second-order valence-electron chi connectivity index (χ2n) is 6.02. The maximum absolute atomic E-state index is 12.7. The lowest BCUT2D eigenvalue weighted by atomic mass is 10.2. The number of imide groups is 1. The summed E-state index contributed by atoms with van der Waals surface area (Å²) in [7, 11) is 0. The Hall–Kier alpha value is -1.76. The zero-order chi connectivity index (χ0) is 19.6. The Bertz CT molecular complexity index is 914. The minimum Gasteiger partial charge on any atom is -0.490 e. The summed E-state index contributed by atoms with van der Waals surface area (Å²) in [4.78, 5) is 26.5. The van der Waals surface area contributed by atoms with Crippen molar-refractivity contribution in [2.75, 3.05) is 4.90 Å². The molecular formula is C20H17BrClNO3S. The Morgan fingerprint density at radius 1 is 1.22 bits per heavy atom. The van der Waals surface area contributed by atoms with Crippen molar-refractivity contribution < 1.29 is 14.3 Å². The third-order valence-electron chi connectivity index (χ3n) is 4.04. The molecule has 0 spiro atoms. The van der Waals surface area contributed by atoms with E-state index in [1.807, 2.05) is 25.1 Å². The predicted molar refractivity (Wildman–Crippen MR) is 114 cm³/mol. The molecule has 1 aliphatic heterocycles. The quantitative estimate of drug-likeness (QED) is 0.471. The SMILES string of the molecule is CC[C@@H](C)Oc1ccc(/C=C2/SC(=O)N(c3ccc(Cl)cc3)C2=O)cc1Br. The van der Waals surface area contributed by atoms with E-state index in [0.717, 1.165) is 38.9 Å². The smallest absolute Gasteiger partial charge is 0.298 e. The number of thioether (sulfide) groups is 1. The van der Waals surface area contributed by atoms with Crippen molar-refractivity contribution in [3.8, 4) is 5.75 Å². The van der Waals surface area contributed by atoms with Crippen LogP contribution in [0.4, 0.5) is 10.5 Å². The molecule has 0 aromatic heterocycles. The second kappa shape index (κ2) is 8.50. The van der Waals surface area contributed by atoms with E-state index in [9.17, 15) is 9.59 Å². The highest BCUT2D eigenvalue weighted by atomic mass is 79.9. The van der Waals surface area contributed by atoms with Crippen LogP contribution in [0.5, 0.6) is 5.75 Å². The standard InChI is InChI=1S/C20H17BrClNO3S/c1-3-12(2)26-17-9-4-13(10-16(17)21)11-18-19(24)23(20(25)27-18)15-7-5-14(22)6-8-15/h4-12H,3H2,1-2H3/b18-11+/t12-/m1/s1. The fourth-order valence-electron chi connectivity index (χ4n) is 2.43. The molecular weight excluding hydrogens is 450 g/mol. The number of halogens is 2. The van der Waals surface area contributed by atoms with Crippen LogP contribution in [0.3, 0.4) is 0 Å². The van der Waals surface area contributed by atoms with Gasteiger partial charge >= 0.3 is 0 Å². The van der Waals surface area contributed by atoms with Crippen LogP contribution in [0, 0.1) is 0 Å². The first-order chi connectivity index (χ1) is 12.9. The van der Waals surface area contributed by atoms with Gasteiger partial charge in [0.25, 0.3) is 11.1 Å². The lowest BCUT2D eigenvalue weighted by Gasteiger charge is -2.14. The zero-order valence-electron chi connectivity index (χ0n) is 14.7. The van der Waals surface area contributed by atoms with Gasteiger partial charge < -0.3 is 4.74 Å². The van der Waals surface area contributed by atoms with Crippen LogP contribution in [0.2, 0.25) is 5.02 Å². The van der Waals surface area contributed by atoms with Gasteiger partial charge in [-0.15, -0.1) is 0 Å². The number of nitrogens with zero attached hydrogens (tertiary/aromatic N) is 1. The van der Waals surface area contributed by atoms with Gasteiger partial charge in [-0.2, -0.15) is 0 Å². The van der Waals surface area contributed by atoms with Gasteiger partial charge in [-0.25, -0.2) is 4.90 Å². The Balaban J connectivity index is 1.83. The van der Waals surface area contributed by atoms with Crippen molar-refractivity contribution in [1.82, 2.24) is 0 Å². The van der Waals surface area contributed by atoms with E-state index < -0.39 is 0 Å². The van der Waals surface area contributed by atoms with Crippen LogP contribution in [-0.2, 0) is 4.79 Å². The van der Waals surface area contributed by atoms with E-state index in [1.165, 1.54) is 0 Å². The molecule has 0 aliphatic carbocycles. The van der Waals surface area contributed by atoms with E-state index in [2.05, 4.69) is 22.9 Å². The molecule has 0 bridgehead atoms. The van der Waals surface area contributed by atoms with Crippen molar-refractivity contribution in [3.05, 3.63) is 62.4 Å². The maximum Gasteiger partial charge on any atom is 0.298 e. The molecule has 2 aromatic rings. The van der Waals surface area contributed by atoms with Gasteiger partial charge in [0.2, 0.25) is 0 Å². The summed E-state index contributed by atoms with van der Waals surface area (Å²) < 4.78 is 6.63. The van der Waals surface area contributed by atoms with Gasteiger partial charge in [-0.3, -0.25) is 9.59 Å². The van der Waals surface area contributed by atoms with Crippen LogP contribution in [0.15, 0.2) is 51.8 Å². The molecule has 0 radical (unpaired) electrons. The number of carbonyl (C=O) groups is 2. The molecule has 1 aliphatic rings. The number of carbonyl (C=O) groups excluding carboxylic acids is 2. The average molecular weight is 467 g/mol. The highest BCUT2D eigenvalue weighted by Gasteiger charge is 2.36. The van der Waals surface area contributed by atoms with Gasteiger partial charge in [0.1, 0.15) is 5.75 Å². The van der Waals surface area contributed by atoms with Gasteiger partial charge in [-0.05, 0) is 89.1 Å². The fourth-order valence-corrected chi connectivity index (χ4v) is 3.89. The Labute approximate surface area is 175 Å². The number of ether oxygens (including phenoxy) is 1. The topological polar surface area (TPSA) is 46.6 Å². The summed E-state index contributed by atoms with van der Waals surface area (Å²) in [6.45, 7) is 4.07. The highest BCUT2D eigenvalue weighted by molar-refractivity contribution is 9.10. The van der Waals surface area contributed by atoms with Crippen LogP contribution in [-0.4, -0.2) is 17.3 Å². The van der Waals surface area contributed by atoms with Crippen molar-refractivity contribution in [2.24, 2.45) is 0 Å². The van der Waals surface area contributed by atoms with Crippen LogP contribution < -0.4 is 9.64 Å². The van der Waals surface area contributed by atoms with E-state index in [1.54, 1.807) is 30.3 Å². The van der Waals surface area contributed by atoms with Crippen molar-refractivity contribution in [3.63, 3.8) is 0 Å². The van der Waals surface area contributed by atoms with Gasteiger partial charge in [0, 0.05) is 5.02 Å². The first-order valence-electron chi connectivity index (χ1n) is 8.38. The normalized spacial score (nSPS) is 16.9. The minimum absolute atomic E-state index is 0.114.